The van der Waals surface area contributed by atoms with Gasteiger partial charge in [-0.25, -0.2) is 9.37 Å². The number of nitrogens with zero attached hydrogens (tertiary/aromatic N) is 1. The fourth-order valence-corrected chi connectivity index (χ4v) is 3.71. The fourth-order valence-electron chi connectivity index (χ4n) is 3.71. The summed E-state index contributed by atoms with van der Waals surface area (Å²) >= 11 is 0. The summed E-state index contributed by atoms with van der Waals surface area (Å²) < 4.78 is 34.1. The maximum atomic E-state index is 14.4. The number of esters is 1. The molecule has 1 saturated carbocycles. The van der Waals surface area contributed by atoms with Gasteiger partial charge in [-0.05, 0) is 52.0 Å². The van der Waals surface area contributed by atoms with Gasteiger partial charge in [-0.2, -0.15) is 4.39 Å². The minimum Gasteiger partial charge on any atom is -0.452 e. The van der Waals surface area contributed by atoms with Crippen molar-refractivity contribution in [2.24, 2.45) is 11.7 Å². The van der Waals surface area contributed by atoms with E-state index in [9.17, 15) is 23.2 Å². The number of amides is 2. The lowest BCUT2D eigenvalue weighted by molar-refractivity contribution is -0.158. The van der Waals surface area contributed by atoms with E-state index in [1.165, 1.54) is 13.8 Å². The first-order valence-electron chi connectivity index (χ1n) is 10.4. The third-order valence-electron chi connectivity index (χ3n) is 5.89. The summed E-state index contributed by atoms with van der Waals surface area (Å²) in [6, 6.07) is -2.49. The molecular weight excluding hydrogens is 410 g/mol. The molecular formula is C21H28F2N4O4. The van der Waals surface area contributed by atoms with Crippen molar-refractivity contribution in [3.63, 3.8) is 0 Å². The number of rotatable bonds is 3. The zero-order valence-electron chi connectivity index (χ0n) is 17.8. The number of aryl methyl sites for hydroxylation is 1. The predicted octanol–water partition coefficient (Wildman–Crippen LogP) is 0.952. The molecule has 3 rings (SSSR count). The molecule has 4 N–H and O–H groups in total. The Morgan fingerprint density at radius 3 is 2.42 bits per heavy atom. The van der Waals surface area contributed by atoms with Gasteiger partial charge in [-0.3, -0.25) is 14.4 Å². The minimum absolute atomic E-state index is 0.0274. The van der Waals surface area contributed by atoms with Crippen LogP contribution in [0.3, 0.4) is 0 Å². The van der Waals surface area contributed by atoms with Crippen molar-refractivity contribution < 1.29 is 27.9 Å². The zero-order valence-corrected chi connectivity index (χ0v) is 17.8. The number of aromatic nitrogens is 1. The highest BCUT2D eigenvalue weighted by Gasteiger charge is 2.40. The lowest BCUT2D eigenvalue weighted by Crippen LogP contribution is -2.57. The molecule has 0 aromatic carbocycles. The molecule has 1 aliphatic heterocycles. The molecule has 8 nitrogen and oxygen atoms in total. The Kier molecular flexibility index (Phi) is 6.88. The van der Waals surface area contributed by atoms with Gasteiger partial charge < -0.3 is 21.1 Å². The van der Waals surface area contributed by atoms with E-state index in [0.717, 1.165) is 12.8 Å². The van der Waals surface area contributed by atoms with Gasteiger partial charge in [0.2, 0.25) is 11.9 Å². The summed E-state index contributed by atoms with van der Waals surface area (Å²) in [4.78, 5) is 41.1. The third kappa shape index (κ3) is 5.36. The van der Waals surface area contributed by atoms with Crippen molar-refractivity contribution in [3.05, 3.63) is 28.6 Å². The predicted molar refractivity (Wildman–Crippen MR) is 107 cm³/mol. The third-order valence-corrected chi connectivity index (χ3v) is 5.89. The summed E-state index contributed by atoms with van der Waals surface area (Å²) in [5.41, 5.74) is 6.08. The second-order valence-electron chi connectivity index (χ2n) is 8.42. The molecule has 2 fully saturated rings. The van der Waals surface area contributed by atoms with Crippen molar-refractivity contribution in [1.82, 2.24) is 15.6 Å². The van der Waals surface area contributed by atoms with E-state index < -0.39 is 53.8 Å². The molecule has 1 aromatic rings. The maximum Gasteiger partial charge on any atom is 0.306 e. The molecule has 170 valence electrons. The van der Waals surface area contributed by atoms with Crippen molar-refractivity contribution in [2.45, 2.75) is 77.1 Å². The number of hydrogen-bond donors (Lipinski definition) is 3. The van der Waals surface area contributed by atoms with Gasteiger partial charge >= 0.3 is 5.97 Å². The highest BCUT2D eigenvalue weighted by atomic mass is 19.1. The Morgan fingerprint density at radius 1 is 1.10 bits per heavy atom. The van der Waals surface area contributed by atoms with Gasteiger partial charge in [0.25, 0.3) is 5.91 Å². The number of cyclic esters (lactones) is 1. The van der Waals surface area contributed by atoms with Crippen LogP contribution in [0.2, 0.25) is 0 Å². The number of carbonyl (C=O) groups excluding carboxylic acids is 3. The Bertz CT molecular complexity index is 891. The molecule has 2 aliphatic rings. The average molecular weight is 438 g/mol. The number of nitrogens with one attached hydrogen (secondary N) is 2. The van der Waals surface area contributed by atoms with Crippen LogP contribution in [0.5, 0.6) is 0 Å². The van der Waals surface area contributed by atoms with E-state index >= 15 is 0 Å². The van der Waals surface area contributed by atoms with Crippen molar-refractivity contribution >= 4 is 17.8 Å². The number of hydrogen-bond acceptors (Lipinski definition) is 6. The van der Waals surface area contributed by atoms with Crippen LogP contribution < -0.4 is 16.4 Å². The van der Waals surface area contributed by atoms with Crippen LogP contribution in [0.15, 0.2) is 0 Å². The summed E-state index contributed by atoms with van der Waals surface area (Å²) in [5, 5.41) is 5.34. The molecule has 0 spiro atoms. The van der Waals surface area contributed by atoms with E-state index in [4.69, 9.17) is 10.5 Å². The lowest BCUT2D eigenvalue weighted by Gasteiger charge is -2.28. The summed E-state index contributed by atoms with van der Waals surface area (Å²) in [7, 11) is 0. The number of nitrogens with two attached hydrogens (primary N) is 1. The highest BCUT2D eigenvalue weighted by Crippen LogP contribution is 2.35. The fraction of sp³-hybridized carbons (Fsp3) is 0.619. The average Bonchev–Trinajstić information content (AvgIpc) is 3.55. The Morgan fingerprint density at radius 2 is 1.77 bits per heavy atom. The Labute approximate surface area is 179 Å². The Balaban J connectivity index is 1.83. The van der Waals surface area contributed by atoms with E-state index in [0.29, 0.717) is 0 Å². The monoisotopic (exact) mass is 438 g/mol. The molecule has 1 unspecified atom stereocenters. The van der Waals surface area contributed by atoms with E-state index in [2.05, 4.69) is 15.6 Å². The number of carbonyl (C=O) groups is 3. The van der Waals surface area contributed by atoms with Crippen LogP contribution in [0, 0.1) is 31.5 Å². The molecule has 31 heavy (non-hydrogen) atoms. The van der Waals surface area contributed by atoms with Gasteiger partial charge in [0.15, 0.2) is 6.10 Å². The summed E-state index contributed by atoms with van der Waals surface area (Å²) in [5.74, 6) is -3.10. The first kappa shape index (κ1) is 23.1. The molecule has 4 atom stereocenters. The van der Waals surface area contributed by atoms with Crippen LogP contribution >= 0.6 is 0 Å². The lowest BCUT2D eigenvalue weighted by atomic mass is 9.97. The quantitative estimate of drug-likeness (QED) is 0.477. The van der Waals surface area contributed by atoms with Crippen LogP contribution in [0.4, 0.5) is 8.78 Å². The molecule has 0 bridgehead atoms. The topological polar surface area (TPSA) is 123 Å². The molecule has 1 aromatic heterocycles. The number of halogens is 2. The maximum absolute atomic E-state index is 14.4. The van der Waals surface area contributed by atoms with Crippen LogP contribution in [0.1, 0.15) is 49.4 Å². The standard InChI is InChI=1S/C21H28F2N4O4/c1-9-14(19(23)25-10(2)16(9)22)8-13-6-7-15(28)31-18(12-4-5-12)21(30)26-11(3)17(24)20(29)27-13/h11-13,17-18H,4-8,24H2,1-3H3,(H,26,30)(H,27,29)/t11-,13-,17+,18?/m1/s1. The molecule has 0 radical (unpaired) electrons. The van der Waals surface area contributed by atoms with Crippen LogP contribution in [-0.2, 0) is 25.5 Å². The van der Waals surface area contributed by atoms with Crippen molar-refractivity contribution in [3.8, 4) is 0 Å². The van der Waals surface area contributed by atoms with Gasteiger partial charge in [-0.1, -0.05) is 0 Å². The SMILES string of the molecule is Cc1nc(F)c(C[C@H]2CCC(=O)OC(C3CC3)C(=O)N[C@H](C)[C@H](N)C(=O)N2)c(C)c1F. The Hall–Kier alpha value is -2.62. The summed E-state index contributed by atoms with van der Waals surface area (Å²) in [6.45, 7) is 4.39. The summed E-state index contributed by atoms with van der Waals surface area (Å²) in [6.07, 6.45) is 0.575. The van der Waals surface area contributed by atoms with Gasteiger partial charge in [-0.15, -0.1) is 0 Å². The van der Waals surface area contributed by atoms with E-state index in [-0.39, 0.29) is 42.0 Å². The van der Waals surface area contributed by atoms with Crippen LogP contribution in [-0.4, -0.2) is 47.0 Å². The smallest absolute Gasteiger partial charge is 0.306 e. The van der Waals surface area contributed by atoms with Crippen molar-refractivity contribution in [2.75, 3.05) is 0 Å². The largest absolute Gasteiger partial charge is 0.452 e. The number of ether oxygens (including phenoxy) is 1. The molecule has 1 aliphatic carbocycles. The van der Waals surface area contributed by atoms with Gasteiger partial charge in [0.1, 0.15) is 11.9 Å². The first-order chi connectivity index (χ1) is 14.6. The molecule has 2 amide bonds. The van der Waals surface area contributed by atoms with E-state index in [1.54, 1.807) is 6.92 Å². The number of pyridine rings is 1. The minimum atomic E-state index is -1.07. The highest BCUT2D eigenvalue weighted by molar-refractivity contribution is 5.87. The molecule has 1 saturated heterocycles. The van der Waals surface area contributed by atoms with Gasteiger partial charge in [0.05, 0.1) is 11.7 Å². The van der Waals surface area contributed by atoms with E-state index in [1.807, 2.05) is 0 Å². The molecule has 10 heteroatoms. The normalized spacial score (nSPS) is 28.1. The first-order valence-corrected chi connectivity index (χ1v) is 10.4. The van der Waals surface area contributed by atoms with Crippen molar-refractivity contribution in [1.29, 1.82) is 0 Å². The second kappa shape index (κ2) is 9.25. The second-order valence-corrected chi connectivity index (χ2v) is 8.42. The molecule has 2 heterocycles. The van der Waals surface area contributed by atoms with Gasteiger partial charge in [0, 0.05) is 23.9 Å². The zero-order chi connectivity index (χ0) is 22.9. The van der Waals surface area contributed by atoms with Crippen LogP contribution in [0.25, 0.3) is 0 Å².